The number of hydrogen-bond donors (Lipinski definition) is 1. The van der Waals surface area contributed by atoms with Gasteiger partial charge in [-0.05, 0) is 48.2 Å². The SMILES string of the molecule is Cc1cc(F)ccc1C(N)Cc1ccncc1Cl. The molecular weight excluding hydrogens is 251 g/mol. The van der Waals surface area contributed by atoms with Crippen LogP contribution in [0.5, 0.6) is 0 Å². The van der Waals surface area contributed by atoms with E-state index in [-0.39, 0.29) is 11.9 Å². The summed E-state index contributed by atoms with van der Waals surface area (Å²) in [4.78, 5) is 3.93. The fourth-order valence-electron chi connectivity index (χ4n) is 1.97. The van der Waals surface area contributed by atoms with Gasteiger partial charge in [0.15, 0.2) is 0 Å². The van der Waals surface area contributed by atoms with Crippen LogP contribution in [0, 0.1) is 12.7 Å². The fourth-order valence-corrected chi connectivity index (χ4v) is 2.17. The molecule has 0 radical (unpaired) electrons. The Morgan fingerprint density at radius 1 is 1.39 bits per heavy atom. The van der Waals surface area contributed by atoms with Crippen molar-refractivity contribution in [1.29, 1.82) is 0 Å². The lowest BCUT2D eigenvalue weighted by Crippen LogP contribution is -2.15. The molecule has 0 amide bonds. The first-order chi connectivity index (χ1) is 8.58. The van der Waals surface area contributed by atoms with Gasteiger partial charge >= 0.3 is 0 Å². The number of pyridine rings is 1. The van der Waals surface area contributed by atoms with E-state index in [0.717, 1.165) is 16.7 Å². The first kappa shape index (κ1) is 13.0. The van der Waals surface area contributed by atoms with Gasteiger partial charge in [0.1, 0.15) is 5.82 Å². The maximum atomic E-state index is 13.0. The summed E-state index contributed by atoms with van der Waals surface area (Å²) in [5, 5.41) is 0.604. The van der Waals surface area contributed by atoms with Gasteiger partial charge in [-0.25, -0.2) is 4.39 Å². The molecule has 94 valence electrons. The molecule has 0 saturated carbocycles. The summed E-state index contributed by atoms with van der Waals surface area (Å²) in [6, 6.07) is 6.29. The first-order valence-corrected chi connectivity index (χ1v) is 6.05. The summed E-state index contributed by atoms with van der Waals surface area (Å²) in [7, 11) is 0. The number of nitrogens with two attached hydrogens (primary N) is 1. The van der Waals surface area contributed by atoms with Crippen LogP contribution in [0.4, 0.5) is 4.39 Å². The van der Waals surface area contributed by atoms with Crippen molar-refractivity contribution in [2.24, 2.45) is 5.73 Å². The van der Waals surface area contributed by atoms with Gasteiger partial charge < -0.3 is 5.73 Å². The van der Waals surface area contributed by atoms with Crippen LogP contribution in [0.15, 0.2) is 36.7 Å². The van der Waals surface area contributed by atoms with Crippen LogP contribution in [-0.2, 0) is 6.42 Å². The summed E-state index contributed by atoms with van der Waals surface area (Å²) in [5.41, 5.74) is 8.88. The normalized spacial score (nSPS) is 12.4. The highest BCUT2D eigenvalue weighted by atomic mass is 35.5. The lowest BCUT2D eigenvalue weighted by Gasteiger charge is -2.15. The molecule has 1 aromatic heterocycles. The van der Waals surface area contributed by atoms with Gasteiger partial charge in [-0.3, -0.25) is 4.98 Å². The average Bonchev–Trinajstić information content (AvgIpc) is 2.32. The molecule has 0 aliphatic rings. The maximum Gasteiger partial charge on any atom is 0.123 e. The molecule has 2 rings (SSSR count). The molecule has 4 heteroatoms. The van der Waals surface area contributed by atoms with Crippen LogP contribution < -0.4 is 5.73 Å². The number of benzene rings is 1. The topological polar surface area (TPSA) is 38.9 Å². The molecule has 0 aliphatic carbocycles. The van der Waals surface area contributed by atoms with Gasteiger partial charge in [0.25, 0.3) is 0 Å². The van der Waals surface area contributed by atoms with E-state index in [2.05, 4.69) is 4.98 Å². The number of aryl methyl sites for hydroxylation is 1. The number of hydrogen-bond acceptors (Lipinski definition) is 2. The standard InChI is InChI=1S/C14H14ClFN2/c1-9-6-11(16)2-3-12(9)14(17)7-10-4-5-18-8-13(10)15/h2-6,8,14H,7,17H2,1H3. The van der Waals surface area contributed by atoms with Crippen molar-refractivity contribution in [3.05, 3.63) is 64.2 Å². The third-order valence-electron chi connectivity index (χ3n) is 2.93. The highest BCUT2D eigenvalue weighted by Crippen LogP contribution is 2.23. The summed E-state index contributed by atoms with van der Waals surface area (Å²) in [6.45, 7) is 1.85. The number of aromatic nitrogens is 1. The van der Waals surface area contributed by atoms with Crippen LogP contribution in [-0.4, -0.2) is 4.98 Å². The minimum Gasteiger partial charge on any atom is -0.324 e. The van der Waals surface area contributed by atoms with E-state index >= 15 is 0 Å². The Hall–Kier alpha value is -1.45. The Morgan fingerprint density at radius 2 is 2.17 bits per heavy atom. The van der Waals surface area contributed by atoms with Crippen molar-refractivity contribution in [3.8, 4) is 0 Å². The van der Waals surface area contributed by atoms with Gasteiger partial charge in [-0.2, -0.15) is 0 Å². The molecule has 2 nitrogen and oxygen atoms in total. The molecular formula is C14H14ClFN2. The zero-order valence-electron chi connectivity index (χ0n) is 10.0. The van der Waals surface area contributed by atoms with Crippen molar-refractivity contribution in [1.82, 2.24) is 4.98 Å². The zero-order valence-corrected chi connectivity index (χ0v) is 10.8. The molecule has 0 bridgehead atoms. The lowest BCUT2D eigenvalue weighted by molar-refractivity contribution is 0.622. The van der Waals surface area contributed by atoms with Gasteiger partial charge in [0, 0.05) is 18.4 Å². The second-order valence-electron chi connectivity index (χ2n) is 4.28. The minimum absolute atomic E-state index is 0.203. The number of rotatable bonds is 3. The minimum atomic E-state index is -0.245. The third-order valence-corrected chi connectivity index (χ3v) is 3.27. The summed E-state index contributed by atoms with van der Waals surface area (Å²) >= 11 is 6.04. The van der Waals surface area contributed by atoms with Crippen LogP contribution >= 0.6 is 11.6 Å². The van der Waals surface area contributed by atoms with Crippen molar-refractivity contribution in [3.63, 3.8) is 0 Å². The molecule has 18 heavy (non-hydrogen) atoms. The van der Waals surface area contributed by atoms with E-state index in [0.29, 0.717) is 11.4 Å². The molecule has 0 spiro atoms. The summed E-state index contributed by atoms with van der Waals surface area (Å²) in [6.07, 6.45) is 3.89. The Bertz CT molecular complexity index is 557. The zero-order chi connectivity index (χ0) is 13.1. The number of nitrogens with zero attached hydrogens (tertiary/aromatic N) is 1. The van der Waals surface area contributed by atoms with E-state index in [1.807, 2.05) is 13.0 Å². The first-order valence-electron chi connectivity index (χ1n) is 5.68. The predicted molar refractivity (Wildman–Crippen MR) is 71.0 cm³/mol. The Balaban J connectivity index is 2.22. The molecule has 0 aliphatic heterocycles. The monoisotopic (exact) mass is 264 g/mol. The van der Waals surface area contributed by atoms with Gasteiger partial charge in [0.2, 0.25) is 0 Å². The molecule has 0 saturated heterocycles. The highest BCUT2D eigenvalue weighted by Gasteiger charge is 2.12. The number of halogens is 2. The van der Waals surface area contributed by atoms with E-state index in [1.165, 1.54) is 12.1 Å². The van der Waals surface area contributed by atoms with Crippen molar-refractivity contribution in [2.75, 3.05) is 0 Å². The van der Waals surface area contributed by atoms with E-state index < -0.39 is 0 Å². The smallest absolute Gasteiger partial charge is 0.123 e. The molecule has 1 atom stereocenters. The predicted octanol–water partition coefficient (Wildman–Crippen LogP) is 3.43. The summed E-state index contributed by atoms with van der Waals surface area (Å²) < 4.78 is 13.0. The third kappa shape index (κ3) is 2.86. The molecule has 2 N–H and O–H groups in total. The van der Waals surface area contributed by atoms with Crippen LogP contribution in [0.2, 0.25) is 5.02 Å². The molecule has 1 heterocycles. The van der Waals surface area contributed by atoms with Gasteiger partial charge in [0.05, 0.1) is 5.02 Å². The second kappa shape index (κ2) is 5.46. The van der Waals surface area contributed by atoms with E-state index in [9.17, 15) is 4.39 Å². The van der Waals surface area contributed by atoms with Gasteiger partial charge in [-0.1, -0.05) is 17.7 Å². The Labute approximate surface area is 111 Å². The largest absolute Gasteiger partial charge is 0.324 e. The van der Waals surface area contributed by atoms with E-state index in [1.54, 1.807) is 18.5 Å². The van der Waals surface area contributed by atoms with Crippen molar-refractivity contribution >= 4 is 11.6 Å². The average molecular weight is 265 g/mol. The highest BCUT2D eigenvalue weighted by molar-refractivity contribution is 6.31. The fraction of sp³-hybridized carbons (Fsp3) is 0.214. The molecule has 0 fully saturated rings. The molecule has 1 unspecified atom stereocenters. The quantitative estimate of drug-likeness (QED) is 0.923. The lowest BCUT2D eigenvalue weighted by atomic mass is 9.96. The van der Waals surface area contributed by atoms with Crippen LogP contribution in [0.3, 0.4) is 0 Å². The van der Waals surface area contributed by atoms with Gasteiger partial charge in [-0.15, -0.1) is 0 Å². The maximum absolute atomic E-state index is 13.0. The Kier molecular flexibility index (Phi) is 3.94. The Morgan fingerprint density at radius 3 is 2.83 bits per heavy atom. The second-order valence-corrected chi connectivity index (χ2v) is 4.69. The van der Waals surface area contributed by atoms with Crippen molar-refractivity contribution < 1.29 is 4.39 Å². The van der Waals surface area contributed by atoms with E-state index in [4.69, 9.17) is 17.3 Å². The molecule has 2 aromatic rings. The molecule has 1 aromatic carbocycles. The summed E-state index contributed by atoms with van der Waals surface area (Å²) in [5.74, 6) is -0.245. The van der Waals surface area contributed by atoms with Crippen molar-refractivity contribution in [2.45, 2.75) is 19.4 Å². The van der Waals surface area contributed by atoms with Crippen LogP contribution in [0.25, 0.3) is 0 Å². The van der Waals surface area contributed by atoms with Crippen LogP contribution in [0.1, 0.15) is 22.7 Å².